The molecule has 1 nitrogen and oxygen atoms in total. The van der Waals surface area contributed by atoms with Crippen LogP contribution in [0.25, 0.3) is 11.1 Å². The Hall–Kier alpha value is -1.60. The third-order valence-corrected chi connectivity index (χ3v) is 3.22. The summed E-state index contributed by atoms with van der Waals surface area (Å²) in [4.78, 5) is 0. The van der Waals surface area contributed by atoms with Crippen LogP contribution in [0.15, 0.2) is 48.5 Å². The molecule has 0 atom stereocenters. The molecule has 0 saturated heterocycles. The van der Waals surface area contributed by atoms with E-state index in [0.29, 0.717) is 0 Å². The topological polar surface area (TPSA) is 20.2 Å². The van der Waals surface area contributed by atoms with Gasteiger partial charge in [0.25, 0.3) is 0 Å². The lowest BCUT2D eigenvalue weighted by Gasteiger charge is -2.19. The van der Waals surface area contributed by atoms with E-state index in [2.05, 4.69) is 57.2 Å². The first-order valence-corrected chi connectivity index (χ1v) is 6.31. The number of aliphatic hydroxyl groups excluding tert-OH is 1. The SMILES string of the molecule is CC(C)(C)c1ccc(-c2ccc(CO)cc2)cc1. The molecule has 0 amide bonds. The van der Waals surface area contributed by atoms with Gasteiger partial charge in [0, 0.05) is 0 Å². The second kappa shape index (κ2) is 4.95. The van der Waals surface area contributed by atoms with Gasteiger partial charge in [-0.1, -0.05) is 69.3 Å². The van der Waals surface area contributed by atoms with Crippen molar-refractivity contribution >= 4 is 0 Å². The Morgan fingerprint density at radius 1 is 0.778 bits per heavy atom. The van der Waals surface area contributed by atoms with Crippen LogP contribution in [-0.2, 0) is 12.0 Å². The molecule has 0 bridgehead atoms. The molecule has 2 rings (SSSR count). The summed E-state index contributed by atoms with van der Waals surface area (Å²) in [6.07, 6.45) is 0. The van der Waals surface area contributed by atoms with E-state index in [1.807, 2.05) is 12.1 Å². The molecule has 0 unspecified atom stereocenters. The van der Waals surface area contributed by atoms with E-state index >= 15 is 0 Å². The van der Waals surface area contributed by atoms with E-state index in [1.165, 1.54) is 16.7 Å². The van der Waals surface area contributed by atoms with Gasteiger partial charge in [-0.15, -0.1) is 0 Å². The summed E-state index contributed by atoms with van der Waals surface area (Å²) in [5.74, 6) is 0. The smallest absolute Gasteiger partial charge is 0.0681 e. The average Bonchev–Trinajstić information content (AvgIpc) is 2.38. The molecular weight excluding hydrogens is 220 g/mol. The Kier molecular flexibility index (Phi) is 3.53. The van der Waals surface area contributed by atoms with Crippen LogP contribution in [0.4, 0.5) is 0 Å². The minimum Gasteiger partial charge on any atom is -0.392 e. The van der Waals surface area contributed by atoms with Gasteiger partial charge in [0.15, 0.2) is 0 Å². The lowest BCUT2D eigenvalue weighted by molar-refractivity contribution is 0.282. The van der Waals surface area contributed by atoms with Crippen LogP contribution in [0.3, 0.4) is 0 Å². The molecule has 0 aliphatic heterocycles. The summed E-state index contributed by atoms with van der Waals surface area (Å²) >= 11 is 0. The van der Waals surface area contributed by atoms with Crippen molar-refractivity contribution in [2.75, 3.05) is 0 Å². The van der Waals surface area contributed by atoms with Crippen molar-refractivity contribution in [2.24, 2.45) is 0 Å². The molecule has 0 aromatic heterocycles. The summed E-state index contributed by atoms with van der Waals surface area (Å²) in [6.45, 7) is 6.76. The molecule has 0 spiro atoms. The number of rotatable bonds is 2. The quantitative estimate of drug-likeness (QED) is 0.836. The van der Waals surface area contributed by atoms with E-state index in [4.69, 9.17) is 5.11 Å². The normalized spacial score (nSPS) is 11.6. The van der Waals surface area contributed by atoms with Crippen molar-refractivity contribution in [1.82, 2.24) is 0 Å². The van der Waals surface area contributed by atoms with E-state index in [-0.39, 0.29) is 12.0 Å². The highest BCUT2D eigenvalue weighted by atomic mass is 16.3. The first-order chi connectivity index (χ1) is 8.50. The van der Waals surface area contributed by atoms with Gasteiger partial charge in [0.1, 0.15) is 0 Å². The summed E-state index contributed by atoms with van der Waals surface area (Å²) in [7, 11) is 0. The molecule has 0 radical (unpaired) electrons. The minimum absolute atomic E-state index is 0.100. The fraction of sp³-hybridized carbons (Fsp3) is 0.294. The first kappa shape index (κ1) is 12.8. The van der Waals surface area contributed by atoms with Gasteiger partial charge in [0.05, 0.1) is 6.61 Å². The van der Waals surface area contributed by atoms with Crippen LogP contribution in [-0.4, -0.2) is 5.11 Å². The van der Waals surface area contributed by atoms with Crippen LogP contribution in [0, 0.1) is 0 Å². The van der Waals surface area contributed by atoms with E-state index in [0.717, 1.165) is 5.56 Å². The second-order valence-corrected chi connectivity index (χ2v) is 5.68. The maximum atomic E-state index is 9.02. The summed E-state index contributed by atoms with van der Waals surface area (Å²) < 4.78 is 0. The summed E-state index contributed by atoms with van der Waals surface area (Å²) in [5.41, 5.74) is 4.89. The predicted molar refractivity (Wildman–Crippen MR) is 76.5 cm³/mol. The predicted octanol–water partition coefficient (Wildman–Crippen LogP) is 4.14. The van der Waals surface area contributed by atoms with Crippen LogP contribution >= 0.6 is 0 Å². The Bertz CT molecular complexity index is 501. The molecule has 1 heteroatoms. The van der Waals surface area contributed by atoms with Crippen molar-refractivity contribution in [3.63, 3.8) is 0 Å². The third-order valence-electron chi connectivity index (χ3n) is 3.22. The maximum Gasteiger partial charge on any atom is 0.0681 e. The summed E-state index contributed by atoms with van der Waals surface area (Å²) in [6, 6.07) is 16.7. The zero-order valence-corrected chi connectivity index (χ0v) is 11.3. The fourth-order valence-electron chi connectivity index (χ4n) is 1.97. The maximum absolute atomic E-state index is 9.02. The molecule has 0 heterocycles. The zero-order chi connectivity index (χ0) is 13.2. The lowest BCUT2D eigenvalue weighted by atomic mass is 9.86. The average molecular weight is 240 g/mol. The number of benzene rings is 2. The van der Waals surface area contributed by atoms with Gasteiger partial charge in [-0.05, 0) is 27.7 Å². The van der Waals surface area contributed by atoms with Crippen molar-refractivity contribution in [2.45, 2.75) is 32.8 Å². The molecule has 0 saturated carbocycles. The Morgan fingerprint density at radius 2 is 1.22 bits per heavy atom. The van der Waals surface area contributed by atoms with Crippen molar-refractivity contribution in [3.05, 3.63) is 59.7 Å². The molecule has 0 aliphatic rings. The number of aliphatic hydroxyl groups is 1. The van der Waals surface area contributed by atoms with E-state index in [9.17, 15) is 0 Å². The van der Waals surface area contributed by atoms with Crippen molar-refractivity contribution in [1.29, 1.82) is 0 Å². The lowest BCUT2D eigenvalue weighted by Crippen LogP contribution is -2.10. The summed E-state index contributed by atoms with van der Waals surface area (Å²) in [5, 5.41) is 9.02. The highest BCUT2D eigenvalue weighted by molar-refractivity contribution is 5.64. The standard InChI is InChI=1S/C17H20O/c1-17(2,3)16-10-8-15(9-11-16)14-6-4-13(12-18)5-7-14/h4-11,18H,12H2,1-3H3. The Labute approximate surface area is 109 Å². The van der Waals surface area contributed by atoms with Crippen LogP contribution < -0.4 is 0 Å². The molecule has 0 fully saturated rings. The zero-order valence-electron chi connectivity index (χ0n) is 11.3. The van der Waals surface area contributed by atoms with Crippen molar-refractivity contribution in [3.8, 4) is 11.1 Å². The third kappa shape index (κ3) is 2.80. The first-order valence-electron chi connectivity index (χ1n) is 6.31. The molecule has 94 valence electrons. The highest BCUT2D eigenvalue weighted by Gasteiger charge is 2.12. The van der Waals surface area contributed by atoms with Crippen LogP contribution in [0.5, 0.6) is 0 Å². The molecule has 2 aromatic rings. The fourth-order valence-corrected chi connectivity index (χ4v) is 1.97. The Morgan fingerprint density at radius 3 is 1.61 bits per heavy atom. The van der Waals surface area contributed by atoms with E-state index < -0.39 is 0 Å². The van der Waals surface area contributed by atoms with Gasteiger partial charge in [0.2, 0.25) is 0 Å². The molecule has 0 aliphatic carbocycles. The number of hydrogen-bond acceptors (Lipinski definition) is 1. The molecular formula is C17H20O. The van der Waals surface area contributed by atoms with Gasteiger partial charge in [-0.25, -0.2) is 0 Å². The largest absolute Gasteiger partial charge is 0.392 e. The van der Waals surface area contributed by atoms with Gasteiger partial charge in [-0.3, -0.25) is 0 Å². The molecule has 18 heavy (non-hydrogen) atoms. The van der Waals surface area contributed by atoms with Gasteiger partial charge >= 0.3 is 0 Å². The van der Waals surface area contributed by atoms with E-state index in [1.54, 1.807) is 0 Å². The van der Waals surface area contributed by atoms with Crippen molar-refractivity contribution < 1.29 is 5.11 Å². The monoisotopic (exact) mass is 240 g/mol. The number of hydrogen-bond donors (Lipinski definition) is 1. The van der Waals surface area contributed by atoms with Crippen LogP contribution in [0.1, 0.15) is 31.9 Å². The molecule has 2 aromatic carbocycles. The van der Waals surface area contributed by atoms with Gasteiger partial charge in [-0.2, -0.15) is 0 Å². The highest BCUT2D eigenvalue weighted by Crippen LogP contribution is 2.26. The molecule has 1 N–H and O–H groups in total. The minimum atomic E-state index is 0.100. The second-order valence-electron chi connectivity index (χ2n) is 5.68. The van der Waals surface area contributed by atoms with Crippen LogP contribution in [0.2, 0.25) is 0 Å². The Balaban J connectivity index is 2.28. The van der Waals surface area contributed by atoms with Gasteiger partial charge < -0.3 is 5.11 Å².